The van der Waals surface area contributed by atoms with Crippen LogP contribution < -0.4 is 9.47 Å². The van der Waals surface area contributed by atoms with Gasteiger partial charge in [-0.3, -0.25) is 4.90 Å². The van der Waals surface area contributed by atoms with Gasteiger partial charge >= 0.3 is 6.03 Å². The Morgan fingerprint density at radius 2 is 1.92 bits per heavy atom. The summed E-state index contributed by atoms with van der Waals surface area (Å²) in [4.78, 5) is 22.8. The molecule has 0 bridgehead atoms. The van der Waals surface area contributed by atoms with Crippen molar-refractivity contribution in [3.63, 3.8) is 0 Å². The molecule has 2 aliphatic rings. The number of nitrogens with zero attached hydrogens (tertiary/aromatic N) is 6. The number of aryl methyl sites for hydroxylation is 3. The highest BCUT2D eigenvalue weighted by molar-refractivity contribution is 6.02. The summed E-state index contributed by atoms with van der Waals surface area (Å²) in [5.74, 6) is 2.72. The number of aromatic amines is 1. The molecule has 0 saturated carbocycles. The average Bonchev–Trinajstić information content (AvgIpc) is 3.39. The monoisotopic (exact) mass is 503 g/mol. The normalized spacial score (nSPS) is 18.1. The Morgan fingerprint density at radius 3 is 2.59 bits per heavy atom. The van der Waals surface area contributed by atoms with E-state index in [4.69, 9.17) is 14.5 Å². The van der Waals surface area contributed by atoms with Gasteiger partial charge in [0.1, 0.15) is 5.84 Å². The Morgan fingerprint density at radius 1 is 1.14 bits per heavy atom. The van der Waals surface area contributed by atoms with Crippen LogP contribution in [0.25, 0.3) is 0 Å². The molecule has 2 aliphatic heterocycles. The molecule has 194 valence electrons. The number of aromatic nitrogens is 4. The van der Waals surface area contributed by atoms with Crippen LogP contribution in [0.5, 0.6) is 11.5 Å². The van der Waals surface area contributed by atoms with Crippen molar-refractivity contribution in [2.45, 2.75) is 53.0 Å². The third-order valence-electron chi connectivity index (χ3n) is 7.07. The Kier molecular flexibility index (Phi) is 6.82. The molecule has 2 amide bonds. The lowest BCUT2D eigenvalue weighted by Crippen LogP contribution is -2.55. The molecule has 37 heavy (non-hydrogen) atoms. The van der Waals surface area contributed by atoms with Crippen molar-refractivity contribution in [3.05, 3.63) is 57.9 Å². The van der Waals surface area contributed by atoms with Gasteiger partial charge in [-0.15, -0.1) is 10.2 Å². The van der Waals surface area contributed by atoms with Crippen LogP contribution in [0.2, 0.25) is 0 Å². The molecule has 10 nitrogen and oxygen atoms in total. The van der Waals surface area contributed by atoms with Gasteiger partial charge in [-0.1, -0.05) is 22.9 Å². The molecule has 0 spiro atoms. The lowest BCUT2D eigenvalue weighted by Gasteiger charge is -2.45. The zero-order chi connectivity index (χ0) is 26.1. The van der Waals surface area contributed by atoms with Gasteiger partial charge in [0.05, 0.1) is 25.4 Å². The number of rotatable bonds is 7. The first-order valence-corrected chi connectivity index (χ1v) is 12.7. The Labute approximate surface area is 216 Å². The number of hydrogen-bond acceptors (Lipinski definition) is 7. The summed E-state index contributed by atoms with van der Waals surface area (Å²) in [6.07, 6.45) is 1.83. The molecule has 3 aromatic rings. The van der Waals surface area contributed by atoms with Gasteiger partial charge in [0.2, 0.25) is 0 Å². The molecule has 0 aliphatic carbocycles. The van der Waals surface area contributed by atoms with E-state index in [1.54, 1.807) is 12.0 Å². The first kappa shape index (κ1) is 24.7. The highest BCUT2D eigenvalue weighted by atomic mass is 16.5. The predicted molar refractivity (Wildman–Crippen MR) is 140 cm³/mol. The maximum atomic E-state index is 13.9. The fourth-order valence-corrected chi connectivity index (χ4v) is 5.44. The highest BCUT2D eigenvalue weighted by Crippen LogP contribution is 2.42. The molecule has 0 radical (unpaired) electrons. The first-order chi connectivity index (χ1) is 17.9. The van der Waals surface area contributed by atoms with Crippen LogP contribution in [0, 0.1) is 20.8 Å². The summed E-state index contributed by atoms with van der Waals surface area (Å²) in [6, 6.07) is 8.16. The Hall–Kier alpha value is -3.95. The lowest BCUT2D eigenvalue weighted by molar-refractivity contribution is 0.135. The predicted octanol–water partition coefficient (Wildman–Crippen LogP) is 4.23. The number of fused-ring (bicyclic) bond motifs is 3. The molecule has 5 rings (SSSR count). The molecule has 1 atom stereocenters. The molecular weight excluding hydrogens is 470 g/mol. The molecule has 1 unspecified atom stereocenters. The number of urea groups is 1. The van der Waals surface area contributed by atoms with Crippen molar-refractivity contribution >= 4 is 17.6 Å². The third kappa shape index (κ3) is 4.75. The van der Waals surface area contributed by atoms with Gasteiger partial charge in [-0.25, -0.2) is 9.79 Å². The maximum Gasteiger partial charge on any atom is 0.325 e. The second kappa shape index (κ2) is 10.2. The van der Waals surface area contributed by atoms with Crippen LogP contribution in [-0.2, 0) is 12.8 Å². The number of amidine groups is 1. The standard InChI is InChI=1S/C27H33N7O3/c1-6-37-23-13-19-7-9-33-21(20(19)14-22(23)36-5)15-25(28-26-17(3)11-16(2)12-18(26)4)34(27(33)35)10-8-24-29-31-32-30-24/h11-14,21H,6-10,15H2,1-5H3,(H,29,30,31,32). The Balaban J connectivity index is 1.56. The molecule has 10 heteroatoms. The van der Waals surface area contributed by atoms with Gasteiger partial charge in [-0.05, 0) is 68.5 Å². The lowest BCUT2D eigenvalue weighted by atomic mass is 9.88. The van der Waals surface area contributed by atoms with E-state index >= 15 is 0 Å². The van der Waals surface area contributed by atoms with Gasteiger partial charge in [0.15, 0.2) is 17.3 Å². The van der Waals surface area contributed by atoms with E-state index in [1.165, 1.54) is 11.1 Å². The zero-order valence-corrected chi connectivity index (χ0v) is 22.0. The minimum Gasteiger partial charge on any atom is -0.493 e. The smallest absolute Gasteiger partial charge is 0.325 e. The van der Waals surface area contributed by atoms with Crippen molar-refractivity contribution in [2.24, 2.45) is 4.99 Å². The molecular formula is C27H33N7O3. The summed E-state index contributed by atoms with van der Waals surface area (Å²) in [5.41, 5.74) is 6.54. The molecule has 1 N–H and O–H groups in total. The number of amides is 2. The summed E-state index contributed by atoms with van der Waals surface area (Å²) in [6.45, 7) is 9.78. The van der Waals surface area contributed by atoms with Crippen molar-refractivity contribution in [1.82, 2.24) is 30.4 Å². The number of ether oxygens (including phenoxy) is 2. The van der Waals surface area contributed by atoms with E-state index in [-0.39, 0.29) is 12.1 Å². The van der Waals surface area contributed by atoms with E-state index < -0.39 is 0 Å². The molecule has 1 fully saturated rings. The van der Waals surface area contributed by atoms with E-state index in [0.717, 1.165) is 40.4 Å². The number of benzene rings is 2. The largest absolute Gasteiger partial charge is 0.493 e. The number of H-pyrrole nitrogens is 1. The van der Waals surface area contributed by atoms with Crippen molar-refractivity contribution in [2.75, 3.05) is 26.8 Å². The minimum absolute atomic E-state index is 0.0561. The fraction of sp³-hybridized carbons (Fsp3) is 0.444. The van der Waals surface area contributed by atoms with Crippen LogP contribution in [0.1, 0.15) is 53.0 Å². The molecule has 1 aromatic heterocycles. The number of aliphatic imine (C=N–C) groups is 1. The number of hydrogen-bond donors (Lipinski definition) is 1. The van der Waals surface area contributed by atoms with Crippen LogP contribution in [0.3, 0.4) is 0 Å². The van der Waals surface area contributed by atoms with E-state index in [2.05, 4.69) is 59.6 Å². The van der Waals surface area contributed by atoms with Gasteiger partial charge < -0.3 is 14.4 Å². The zero-order valence-electron chi connectivity index (χ0n) is 22.0. The fourth-order valence-electron chi connectivity index (χ4n) is 5.44. The van der Waals surface area contributed by atoms with E-state index in [0.29, 0.717) is 44.1 Å². The first-order valence-electron chi connectivity index (χ1n) is 12.7. The van der Waals surface area contributed by atoms with Crippen molar-refractivity contribution < 1.29 is 14.3 Å². The third-order valence-corrected chi connectivity index (χ3v) is 7.07. The minimum atomic E-state index is -0.132. The van der Waals surface area contributed by atoms with Crippen LogP contribution in [-0.4, -0.2) is 69.1 Å². The average molecular weight is 504 g/mol. The van der Waals surface area contributed by atoms with Gasteiger partial charge in [0.25, 0.3) is 0 Å². The number of nitrogens with one attached hydrogen (secondary N) is 1. The second-order valence-corrected chi connectivity index (χ2v) is 9.59. The quantitative estimate of drug-likeness (QED) is 0.517. The second-order valence-electron chi connectivity index (χ2n) is 9.59. The summed E-state index contributed by atoms with van der Waals surface area (Å²) in [7, 11) is 1.65. The summed E-state index contributed by atoms with van der Waals surface area (Å²) < 4.78 is 11.5. The van der Waals surface area contributed by atoms with Crippen molar-refractivity contribution in [1.29, 1.82) is 0 Å². The van der Waals surface area contributed by atoms with Crippen LogP contribution >= 0.6 is 0 Å². The Bertz CT molecular complexity index is 1310. The summed E-state index contributed by atoms with van der Waals surface area (Å²) >= 11 is 0. The summed E-state index contributed by atoms with van der Waals surface area (Å²) in [5, 5.41) is 14.3. The van der Waals surface area contributed by atoms with E-state index in [9.17, 15) is 4.79 Å². The van der Waals surface area contributed by atoms with Gasteiger partial charge in [-0.2, -0.15) is 5.21 Å². The molecule has 1 saturated heterocycles. The molecule has 2 aromatic carbocycles. The van der Waals surface area contributed by atoms with Gasteiger partial charge in [0, 0.05) is 25.9 Å². The SMILES string of the molecule is CCOc1cc2c(cc1OC)C1CC(=Nc3c(C)cc(C)cc3C)N(CCc3nn[nH]n3)C(=O)N1CC2. The van der Waals surface area contributed by atoms with Crippen LogP contribution in [0.4, 0.5) is 10.5 Å². The maximum absolute atomic E-state index is 13.9. The topological polar surface area (TPSA) is 109 Å². The number of tetrazole rings is 1. The number of carbonyl (C=O) groups is 1. The number of methoxy groups -OCH3 is 1. The van der Waals surface area contributed by atoms with Crippen LogP contribution in [0.15, 0.2) is 29.3 Å². The number of carbonyl (C=O) groups excluding carboxylic acids is 1. The van der Waals surface area contributed by atoms with E-state index in [1.807, 2.05) is 17.9 Å². The molecule has 3 heterocycles. The highest BCUT2D eigenvalue weighted by Gasteiger charge is 2.41. The van der Waals surface area contributed by atoms with Crippen molar-refractivity contribution in [3.8, 4) is 11.5 Å².